The quantitative estimate of drug-likeness (QED) is 0.778. The fourth-order valence-corrected chi connectivity index (χ4v) is 3.70. The lowest BCUT2D eigenvalue weighted by atomic mass is 9.97. The summed E-state index contributed by atoms with van der Waals surface area (Å²) in [5.41, 5.74) is 0.576. The van der Waals surface area contributed by atoms with Crippen LogP contribution in [0.3, 0.4) is 0 Å². The van der Waals surface area contributed by atoms with Gasteiger partial charge < -0.3 is 10.2 Å². The molecule has 8 nitrogen and oxygen atoms in total. The summed E-state index contributed by atoms with van der Waals surface area (Å²) in [4.78, 5) is 24.4. The summed E-state index contributed by atoms with van der Waals surface area (Å²) in [5, 5.41) is 13.2. The van der Waals surface area contributed by atoms with Gasteiger partial charge in [-0.2, -0.15) is 0 Å². The molecule has 1 N–H and O–H groups in total. The molecule has 124 valence electrons. The van der Waals surface area contributed by atoms with E-state index in [1.54, 1.807) is 24.6 Å². The van der Waals surface area contributed by atoms with E-state index < -0.39 is 0 Å². The number of carbonyl (C=O) groups is 1. The number of nitrogens with one attached hydrogen (secondary N) is 1. The number of aryl methyl sites for hydroxylation is 1. The number of nitrogens with zero attached hydrogens (tertiary/aromatic N) is 5. The molecule has 0 saturated carbocycles. The van der Waals surface area contributed by atoms with Crippen LogP contribution in [0.15, 0.2) is 22.4 Å². The summed E-state index contributed by atoms with van der Waals surface area (Å²) in [7, 11) is 0. The van der Waals surface area contributed by atoms with Gasteiger partial charge in [-0.1, -0.05) is 5.16 Å². The second-order valence-electron chi connectivity index (χ2n) is 5.81. The van der Waals surface area contributed by atoms with Crippen molar-refractivity contribution >= 4 is 39.1 Å². The highest BCUT2D eigenvalue weighted by atomic mass is 32.1. The van der Waals surface area contributed by atoms with Crippen LogP contribution in [-0.2, 0) is 4.79 Å². The lowest BCUT2D eigenvalue weighted by molar-refractivity contribution is -0.120. The van der Waals surface area contributed by atoms with E-state index in [0.717, 1.165) is 35.4 Å². The Hall–Kier alpha value is -2.55. The minimum Gasteiger partial charge on any atom is -0.355 e. The molecule has 1 unspecified atom stereocenters. The molecule has 1 aliphatic heterocycles. The van der Waals surface area contributed by atoms with Crippen molar-refractivity contribution in [1.29, 1.82) is 0 Å². The Labute approximate surface area is 141 Å². The Morgan fingerprint density at radius 3 is 3.17 bits per heavy atom. The summed E-state index contributed by atoms with van der Waals surface area (Å²) in [6, 6.07) is 2.03. The SMILES string of the molecule is Cc1nonc1NC(=O)C1CCCN(c2ncnc3sccc23)C1. The van der Waals surface area contributed by atoms with Gasteiger partial charge in [0.05, 0.1) is 11.3 Å². The molecule has 24 heavy (non-hydrogen) atoms. The second kappa shape index (κ2) is 6.16. The van der Waals surface area contributed by atoms with Crippen molar-refractivity contribution in [2.75, 3.05) is 23.3 Å². The first kappa shape index (κ1) is 15.0. The van der Waals surface area contributed by atoms with E-state index in [4.69, 9.17) is 0 Å². The molecule has 1 aliphatic rings. The largest absolute Gasteiger partial charge is 0.355 e. The summed E-state index contributed by atoms with van der Waals surface area (Å²) in [5.74, 6) is 1.10. The van der Waals surface area contributed by atoms with Gasteiger partial charge in [0.1, 0.15) is 22.7 Å². The Morgan fingerprint density at radius 1 is 1.42 bits per heavy atom. The third-order valence-electron chi connectivity index (χ3n) is 4.23. The third-order valence-corrected chi connectivity index (χ3v) is 5.05. The van der Waals surface area contributed by atoms with Gasteiger partial charge in [-0.05, 0) is 36.4 Å². The zero-order valence-electron chi connectivity index (χ0n) is 13.1. The molecule has 3 aromatic heterocycles. The predicted octanol–water partition coefficient (Wildman–Crippen LogP) is 2.24. The molecule has 4 heterocycles. The lowest BCUT2D eigenvalue weighted by Crippen LogP contribution is -2.41. The van der Waals surface area contributed by atoms with E-state index in [9.17, 15) is 4.79 Å². The highest BCUT2D eigenvalue weighted by Crippen LogP contribution is 2.30. The fraction of sp³-hybridized carbons (Fsp3) is 0.400. The topological polar surface area (TPSA) is 97.0 Å². The summed E-state index contributed by atoms with van der Waals surface area (Å²) < 4.78 is 4.62. The minimum absolute atomic E-state index is 0.0610. The molecule has 0 aromatic carbocycles. The monoisotopic (exact) mass is 344 g/mol. The molecule has 0 bridgehead atoms. The number of hydrogen-bond acceptors (Lipinski definition) is 8. The number of hydrogen-bond donors (Lipinski definition) is 1. The first-order valence-corrected chi connectivity index (χ1v) is 8.63. The van der Waals surface area contributed by atoms with Gasteiger partial charge in [0.2, 0.25) is 5.91 Å². The number of amides is 1. The van der Waals surface area contributed by atoms with Crippen LogP contribution >= 0.6 is 11.3 Å². The van der Waals surface area contributed by atoms with Crippen molar-refractivity contribution in [2.24, 2.45) is 5.92 Å². The molecule has 1 saturated heterocycles. The first-order chi connectivity index (χ1) is 11.7. The second-order valence-corrected chi connectivity index (χ2v) is 6.70. The summed E-state index contributed by atoms with van der Waals surface area (Å²) in [6.07, 6.45) is 3.36. The van der Waals surface area contributed by atoms with Crippen LogP contribution in [0, 0.1) is 12.8 Å². The molecule has 1 atom stereocenters. The van der Waals surface area contributed by atoms with E-state index >= 15 is 0 Å². The number of thiophene rings is 1. The summed E-state index contributed by atoms with van der Waals surface area (Å²) in [6.45, 7) is 3.25. The maximum absolute atomic E-state index is 12.5. The lowest BCUT2D eigenvalue weighted by Gasteiger charge is -2.32. The number of aromatic nitrogens is 4. The third kappa shape index (κ3) is 2.71. The van der Waals surface area contributed by atoms with E-state index in [0.29, 0.717) is 18.1 Å². The average molecular weight is 344 g/mol. The van der Waals surface area contributed by atoms with Crippen molar-refractivity contribution in [3.8, 4) is 0 Å². The van der Waals surface area contributed by atoms with Crippen LogP contribution in [0.25, 0.3) is 10.2 Å². The van der Waals surface area contributed by atoms with Gasteiger partial charge >= 0.3 is 0 Å². The number of rotatable bonds is 3. The standard InChI is InChI=1S/C15H16N6O2S/c1-9-12(20-23-19-9)18-14(22)10-3-2-5-21(7-10)13-11-4-6-24-15(11)17-8-16-13/h4,6,8,10H,2-3,5,7H2,1H3,(H,18,20,22). The zero-order valence-corrected chi connectivity index (χ0v) is 13.9. The van der Waals surface area contributed by atoms with E-state index in [1.165, 1.54) is 0 Å². The molecule has 0 aliphatic carbocycles. The normalized spacial score (nSPS) is 18.0. The molecule has 0 radical (unpaired) electrons. The molecule has 9 heteroatoms. The van der Waals surface area contributed by atoms with E-state index in [1.807, 2.05) is 11.4 Å². The number of piperidine rings is 1. The maximum Gasteiger partial charge on any atom is 0.230 e. The highest BCUT2D eigenvalue weighted by molar-refractivity contribution is 7.16. The molecule has 0 spiro atoms. The maximum atomic E-state index is 12.5. The zero-order chi connectivity index (χ0) is 16.5. The van der Waals surface area contributed by atoms with Crippen LogP contribution in [0.5, 0.6) is 0 Å². The van der Waals surface area contributed by atoms with E-state index in [2.05, 4.69) is 35.1 Å². The van der Waals surface area contributed by atoms with Crippen molar-refractivity contribution in [1.82, 2.24) is 20.3 Å². The Kier molecular flexibility index (Phi) is 3.85. The fourth-order valence-electron chi connectivity index (χ4n) is 2.98. The minimum atomic E-state index is -0.126. The van der Waals surface area contributed by atoms with E-state index in [-0.39, 0.29) is 11.8 Å². The Balaban J connectivity index is 1.52. The number of anilines is 2. The molecule has 4 rings (SSSR count). The van der Waals surface area contributed by atoms with Crippen LogP contribution in [-0.4, -0.2) is 39.3 Å². The molecular formula is C15H16N6O2S. The number of fused-ring (bicyclic) bond motifs is 1. The van der Waals surface area contributed by atoms with Crippen molar-refractivity contribution in [2.45, 2.75) is 19.8 Å². The smallest absolute Gasteiger partial charge is 0.230 e. The molecular weight excluding hydrogens is 328 g/mol. The van der Waals surface area contributed by atoms with Gasteiger partial charge in [0.25, 0.3) is 0 Å². The first-order valence-electron chi connectivity index (χ1n) is 7.75. The molecule has 1 fully saturated rings. The van der Waals surface area contributed by atoms with Crippen LogP contribution < -0.4 is 10.2 Å². The predicted molar refractivity (Wildman–Crippen MR) is 90.0 cm³/mol. The average Bonchev–Trinajstić information content (AvgIpc) is 3.24. The van der Waals surface area contributed by atoms with Crippen molar-refractivity contribution in [3.05, 3.63) is 23.5 Å². The highest BCUT2D eigenvalue weighted by Gasteiger charge is 2.28. The Morgan fingerprint density at radius 2 is 2.33 bits per heavy atom. The van der Waals surface area contributed by atoms with Crippen LogP contribution in [0.1, 0.15) is 18.5 Å². The van der Waals surface area contributed by atoms with Crippen molar-refractivity contribution < 1.29 is 9.42 Å². The summed E-state index contributed by atoms with van der Waals surface area (Å²) >= 11 is 1.59. The van der Waals surface area contributed by atoms with Gasteiger partial charge in [-0.3, -0.25) is 4.79 Å². The van der Waals surface area contributed by atoms with Gasteiger partial charge in [-0.15, -0.1) is 11.3 Å². The molecule has 3 aromatic rings. The molecule has 1 amide bonds. The van der Waals surface area contributed by atoms with Crippen molar-refractivity contribution in [3.63, 3.8) is 0 Å². The Bertz CT molecular complexity index is 876. The number of carbonyl (C=O) groups excluding carboxylic acids is 1. The van der Waals surface area contributed by atoms with Crippen LogP contribution in [0.2, 0.25) is 0 Å². The van der Waals surface area contributed by atoms with Gasteiger partial charge in [0.15, 0.2) is 5.82 Å². The van der Waals surface area contributed by atoms with Gasteiger partial charge in [-0.25, -0.2) is 14.6 Å². The van der Waals surface area contributed by atoms with Crippen LogP contribution in [0.4, 0.5) is 11.6 Å². The van der Waals surface area contributed by atoms with Gasteiger partial charge in [0, 0.05) is 13.1 Å².